The largest absolute Gasteiger partial charge is 0.323 e. The fourth-order valence-corrected chi connectivity index (χ4v) is 0.313. The second-order valence-electron chi connectivity index (χ2n) is 1.52. The van der Waals surface area contributed by atoms with Crippen LogP contribution in [-0.4, -0.2) is 19.1 Å². The zero-order valence-corrected chi connectivity index (χ0v) is 5.83. The van der Waals surface area contributed by atoms with Crippen LogP contribution < -0.4 is 5.32 Å². The molecule has 2 heteroatoms. The molecule has 0 amide bonds. The molecule has 0 unspecified atom stereocenters. The summed E-state index contributed by atoms with van der Waals surface area (Å²) in [4.78, 5) is 3.78. The van der Waals surface area contributed by atoms with E-state index in [9.17, 15) is 0 Å². The summed E-state index contributed by atoms with van der Waals surface area (Å²) in [6.45, 7) is 0. The van der Waals surface area contributed by atoms with Gasteiger partial charge >= 0.3 is 0 Å². The molecule has 50 valence electrons. The first-order chi connectivity index (χ1) is 4.41. The van der Waals surface area contributed by atoms with Crippen LogP contribution in [0.15, 0.2) is 30.6 Å². The summed E-state index contributed by atoms with van der Waals surface area (Å²) < 4.78 is 0. The monoisotopic (exact) mass is 124 g/mol. The van der Waals surface area contributed by atoms with Gasteiger partial charge in [-0.3, -0.25) is 4.98 Å². The van der Waals surface area contributed by atoms with E-state index in [1.54, 1.807) is 12.4 Å². The van der Waals surface area contributed by atoms with E-state index >= 15 is 0 Å². The molecule has 0 fully saturated rings. The van der Waals surface area contributed by atoms with Gasteiger partial charge in [0.25, 0.3) is 0 Å². The van der Waals surface area contributed by atoms with E-state index in [1.807, 2.05) is 32.3 Å². The van der Waals surface area contributed by atoms with Crippen molar-refractivity contribution >= 4 is 0 Å². The Morgan fingerprint density at radius 2 is 1.44 bits per heavy atom. The van der Waals surface area contributed by atoms with Crippen molar-refractivity contribution in [3.05, 3.63) is 30.6 Å². The van der Waals surface area contributed by atoms with Crippen molar-refractivity contribution in [3.63, 3.8) is 0 Å². The molecule has 0 spiro atoms. The quantitative estimate of drug-likeness (QED) is 0.556. The highest BCUT2D eigenvalue weighted by Gasteiger charge is 1.58. The van der Waals surface area contributed by atoms with Gasteiger partial charge in [-0.15, -0.1) is 0 Å². The van der Waals surface area contributed by atoms with Gasteiger partial charge in [-0.25, -0.2) is 0 Å². The molecule has 0 atom stereocenters. The van der Waals surface area contributed by atoms with Gasteiger partial charge in [0, 0.05) is 12.4 Å². The lowest BCUT2D eigenvalue weighted by Gasteiger charge is -1.70. The molecule has 0 radical (unpaired) electrons. The van der Waals surface area contributed by atoms with Crippen LogP contribution in [0.4, 0.5) is 0 Å². The Hall–Kier alpha value is -0.890. The summed E-state index contributed by atoms with van der Waals surface area (Å²) in [5, 5.41) is 2.75. The molecule has 9 heavy (non-hydrogen) atoms. The van der Waals surface area contributed by atoms with Gasteiger partial charge in [0.05, 0.1) is 0 Å². The minimum absolute atomic E-state index is 1.75. The van der Waals surface area contributed by atoms with Crippen molar-refractivity contribution < 1.29 is 0 Å². The Morgan fingerprint density at radius 1 is 1.00 bits per heavy atom. The van der Waals surface area contributed by atoms with E-state index in [2.05, 4.69) is 10.3 Å². The lowest BCUT2D eigenvalue weighted by atomic mass is 10.5. The van der Waals surface area contributed by atoms with Gasteiger partial charge in [-0.1, -0.05) is 6.07 Å². The summed E-state index contributed by atoms with van der Waals surface area (Å²) >= 11 is 0. The molecular weight excluding hydrogens is 112 g/mol. The number of aromatic nitrogens is 1. The van der Waals surface area contributed by atoms with Crippen molar-refractivity contribution in [3.8, 4) is 0 Å². The molecule has 0 aromatic carbocycles. The molecule has 2 nitrogen and oxygen atoms in total. The predicted octanol–water partition coefficient (Wildman–Crippen LogP) is 0.917. The normalized spacial score (nSPS) is 7.33. The van der Waals surface area contributed by atoms with Gasteiger partial charge in [-0.2, -0.15) is 0 Å². The van der Waals surface area contributed by atoms with E-state index in [0.29, 0.717) is 0 Å². The van der Waals surface area contributed by atoms with Crippen molar-refractivity contribution in [1.82, 2.24) is 10.3 Å². The fraction of sp³-hybridized carbons (Fsp3) is 0.286. The van der Waals surface area contributed by atoms with Gasteiger partial charge < -0.3 is 5.32 Å². The third-order valence-corrected chi connectivity index (χ3v) is 0.566. The van der Waals surface area contributed by atoms with Crippen LogP contribution in [0.1, 0.15) is 0 Å². The summed E-state index contributed by atoms with van der Waals surface area (Å²) in [6, 6.07) is 5.72. The van der Waals surface area contributed by atoms with Crippen LogP contribution in [0.25, 0.3) is 0 Å². The Bertz CT molecular complexity index is 89.8. The maximum absolute atomic E-state index is 3.78. The van der Waals surface area contributed by atoms with Crippen LogP contribution in [-0.2, 0) is 0 Å². The lowest BCUT2D eigenvalue weighted by molar-refractivity contribution is 1.02. The number of nitrogens with zero attached hydrogens (tertiary/aromatic N) is 1. The molecular formula is C7H12N2. The third kappa shape index (κ3) is 7.11. The van der Waals surface area contributed by atoms with Crippen LogP contribution in [0.5, 0.6) is 0 Å². The third-order valence-electron chi connectivity index (χ3n) is 0.566. The smallest absolute Gasteiger partial charge is 0.0267 e. The summed E-state index contributed by atoms with van der Waals surface area (Å²) in [7, 11) is 3.75. The standard InChI is InChI=1S/C5H5N.C2H7N/c1-2-4-6-5-3-1;1-3-2/h1-5H;3H,1-2H3. The van der Waals surface area contributed by atoms with Crippen molar-refractivity contribution in [2.75, 3.05) is 14.1 Å². The molecule has 1 aromatic rings. The highest BCUT2D eigenvalue weighted by molar-refractivity contribution is 4.88. The fourth-order valence-electron chi connectivity index (χ4n) is 0.313. The molecule has 1 N–H and O–H groups in total. The molecule has 0 bridgehead atoms. The molecule has 1 aromatic heterocycles. The first-order valence-electron chi connectivity index (χ1n) is 2.85. The molecule has 1 rings (SSSR count). The molecule has 0 saturated carbocycles. The molecule has 0 saturated heterocycles. The van der Waals surface area contributed by atoms with E-state index in [4.69, 9.17) is 0 Å². The first kappa shape index (κ1) is 8.11. The minimum atomic E-state index is 1.75. The Morgan fingerprint density at radius 3 is 1.56 bits per heavy atom. The van der Waals surface area contributed by atoms with Crippen LogP contribution in [0, 0.1) is 0 Å². The number of hydrogen-bond acceptors (Lipinski definition) is 2. The highest BCUT2D eigenvalue weighted by atomic mass is 14.7. The second-order valence-corrected chi connectivity index (χ2v) is 1.52. The van der Waals surface area contributed by atoms with Crippen molar-refractivity contribution in [1.29, 1.82) is 0 Å². The maximum atomic E-state index is 3.78. The van der Waals surface area contributed by atoms with Crippen LogP contribution in [0.3, 0.4) is 0 Å². The van der Waals surface area contributed by atoms with E-state index in [0.717, 1.165) is 0 Å². The predicted molar refractivity (Wildman–Crippen MR) is 39.2 cm³/mol. The van der Waals surface area contributed by atoms with Gasteiger partial charge in [-0.05, 0) is 26.2 Å². The van der Waals surface area contributed by atoms with Crippen LogP contribution >= 0.6 is 0 Å². The van der Waals surface area contributed by atoms with Crippen LogP contribution in [0.2, 0.25) is 0 Å². The molecule has 0 aliphatic rings. The first-order valence-corrected chi connectivity index (χ1v) is 2.85. The molecule has 0 aliphatic carbocycles. The Labute approximate surface area is 55.9 Å². The zero-order valence-electron chi connectivity index (χ0n) is 5.83. The molecule has 0 aliphatic heterocycles. The maximum Gasteiger partial charge on any atom is 0.0267 e. The number of pyridine rings is 1. The number of rotatable bonds is 0. The summed E-state index contributed by atoms with van der Waals surface area (Å²) in [6.07, 6.45) is 3.50. The summed E-state index contributed by atoms with van der Waals surface area (Å²) in [5.74, 6) is 0. The minimum Gasteiger partial charge on any atom is -0.323 e. The number of nitrogens with one attached hydrogen (secondary N) is 1. The Kier molecular flexibility index (Phi) is 6.41. The second kappa shape index (κ2) is 7.11. The van der Waals surface area contributed by atoms with Gasteiger partial charge in [0.1, 0.15) is 0 Å². The van der Waals surface area contributed by atoms with Crippen molar-refractivity contribution in [2.24, 2.45) is 0 Å². The zero-order chi connectivity index (χ0) is 6.95. The highest BCUT2D eigenvalue weighted by Crippen LogP contribution is 1.73. The van der Waals surface area contributed by atoms with E-state index < -0.39 is 0 Å². The van der Waals surface area contributed by atoms with Gasteiger partial charge in [0.15, 0.2) is 0 Å². The van der Waals surface area contributed by atoms with E-state index in [-0.39, 0.29) is 0 Å². The SMILES string of the molecule is CNC.c1ccncc1. The number of hydrogen-bond donors (Lipinski definition) is 1. The topological polar surface area (TPSA) is 24.9 Å². The van der Waals surface area contributed by atoms with E-state index in [1.165, 1.54) is 0 Å². The molecule has 1 heterocycles. The average Bonchev–Trinajstić information content (AvgIpc) is 1.93. The van der Waals surface area contributed by atoms with Gasteiger partial charge in [0.2, 0.25) is 0 Å². The van der Waals surface area contributed by atoms with Crippen molar-refractivity contribution in [2.45, 2.75) is 0 Å². The average molecular weight is 124 g/mol. The Balaban J connectivity index is 0.000000187. The lowest BCUT2D eigenvalue weighted by Crippen LogP contribution is -1.89. The summed E-state index contributed by atoms with van der Waals surface area (Å²) in [5.41, 5.74) is 0.